The van der Waals surface area contributed by atoms with E-state index in [4.69, 9.17) is 0 Å². The molecule has 0 atom stereocenters. The Morgan fingerprint density at radius 2 is 2.26 bits per heavy atom. The topological polar surface area (TPSA) is 61.4 Å². The molecule has 2 aliphatic heterocycles. The lowest BCUT2D eigenvalue weighted by Crippen LogP contribution is -2.69. The number of carbonyl (C=O) groups is 1. The fourth-order valence-electron chi connectivity index (χ4n) is 2.83. The van der Waals surface area contributed by atoms with Crippen LogP contribution in [0.15, 0.2) is 17.8 Å². The van der Waals surface area contributed by atoms with E-state index in [0.717, 1.165) is 35.7 Å². The van der Waals surface area contributed by atoms with Crippen molar-refractivity contribution in [1.29, 1.82) is 0 Å². The van der Waals surface area contributed by atoms with E-state index in [0.29, 0.717) is 0 Å². The molecule has 2 aromatic rings. The summed E-state index contributed by atoms with van der Waals surface area (Å²) in [6, 6.07) is 2.02. The Bertz CT molecular complexity index is 663. The number of nitrogens with zero attached hydrogens (tertiary/aromatic N) is 4. The van der Waals surface area contributed by atoms with Gasteiger partial charge >= 0.3 is 6.03 Å². The van der Waals surface area contributed by atoms with Crippen LogP contribution in [0.2, 0.25) is 0 Å². The third-order valence-electron chi connectivity index (χ3n) is 4.08. The average Bonchev–Trinajstić information content (AvgIpc) is 2.94. The highest BCUT2D eigenvalue weighted by Gasteiger charge is 2.52. The lowest BCUT2D eigenvalue weighted by molar-refractivity contribution is 0.151. The highest BCUT2D eigenvalue weighted by atomic mass is 32.1. The Morgan fingerprint density at radius 1 is 1.42 bits per heavy atom. The quantitative estimate of drug-likeness (QED) is 0.840. The number of hydrogen-bond donors (Lipinski definition) is 1. The molecule has 2 saturated heterocycles. The molecule has 1 N–H and O–H groups in total. The van der Waals surface area contributed by atoms with Crippen LogP contribution in [0.5, 0.6) is 0 Å². The number of thiophene rings is 1. The number of aromatic nitrogens is 2. The van der Waals surface area contributed by atoms with Gasteiger partial charge in [-0.05, 0) is 11.4 Å². The molecule has 6 nitrogen and oxygen atoms in total. The van der Waals surface area contributed by atoms with Gasteiger partial charge in [0.25, 0.3) is 0 Å². The van der Waals surface area contributed by atoms with E-state index in [1.54, 1.807) is 17.7 Å². The van der Waals surface area contributed by atoms with Crippen molar-refractivity contribution in [2.45, 2.75) is 5.54 Å². The number of anilines is 1. The highest BCUT2D eigenvalue weighted by molar-refractivity contribution is 7.17. The van der Waals surface area contributed by atoms with Gasteiger partial charge in [-0.3, -0.25) is 0 Å². The third kappa shape index (κ3) is 1.39. The van der Waals surface area contributed by atoms with Crippen LogP contribution in [0.25, 0.3) is 10.2 Å². The molecule has 0 saturated carbocycles. The maximum Gasteiger partial charge on any atom is 0.317 e. The van der Waals surface area contributed by atoms with Crippen LogP contribution >= 0.6 is 11.3 Å². The number of fused-ring (bicyclic) bond motifs is 1. The van der Waals surface area contributed by atoms with Gasteiger partial charge in [-0.1, -0.05) is 0 Å². The van der Waals surface area contributed by atoms with Gasteiger partial charge in [0.2, 0.25) is 0 Å². The van der Waals surface area contributed by atoms with E-state index in [2.05, 4.69) is 20.2 Å². The Labute approximate surface area is 114 Å². The lowest BCUT2D eigenvalue weighted by Gasteiger charge is -2.51. The fraction of sp³-hybridized carbons (Fsp3) is 0.417. The lowest BCUT2D eigenvalue weighted by atomic mass is 9.89. The van der Waals surface area contributed by atoms with Gasteiger partial charge in [-0.25, -0.2) is 14.8 Å². The van der Waals surface area contributed by atoms with Crippen molar-refractivity contribution in [2.75, 3.05) is 31.6 Å². The first-order chi connectivity index (χ1) is 9.20. The number of amides is 2. The maximum atomic E-state index is 11.6. The molecule has 2 amide bonds. The van der Waals surface area contributed by atoms with Crippen molar-refractivity contribution < 1.29 is 4.79 Å². The Kier molecular flexibility index (Phi) is 2.06. The molecule has 2 fully saturated rings. The largest absolute Gasteiger partial charge is 0.350 e. The van der Waals surface area contributed by atoms with Crippen molar-refractivity contribution in [3.63, 3.8) is 0 Å². The standard InChI is InChI=1S/C12H13N5OS/c1-16-11(18)13-4-12(16)5-17(6-12)10-9-8(2-3-19-9)14-7-15-10/h2-3,7H,4-6H2,1H3,(H,13,18). The van der Waals surface area contributed by atoms with Crippen molar-refractivity contribution in [3.8, 4) is 0 Å². The molecule has 0 unspecified atom stereocenters. The summed E-state index contributed by atoms with van der Waals surface area (Å²) in [4.78, 5) is 24.3. The van der Waals surface area contributed by atoms with Crippen molar-refractivity contribution >= 4 is 33.4 Å². The minimum absolute atomic E-state index is 0.0172. The zero-order valence-electron chi connectivity index (χ0n) is 10.5. The molecule has 4 rings (SSSR count). The summed E-state index contributed by atoms with van der Waals surface area (Å²) in [6.07, 6.45) is 1.61. The van der Waals surface area contributed by atoms with Gasteiger partial charge in [0.05, 0.1) is 15.8 Å². The molecular formula is C12H13N5OS. The van der Waals surface area contributed by atoms with Crippen LogP contribution in [0.1, 0.15) is 0 Å². The monoisotopic (exact) mass is 275 g/mol. The molecule has 0 radical (unpaired) electrons. The molecule has 4 heterocycles. The minimum atomic E-state index is -0.0639. The molecule has 0 bridgehead atoms. The predicted molar refractivity (Wildman–Crippen MR) is 73.5 cm³/mol. The van der Waals surface area contributed by atoms with Crippen LogP contribution < -0.4 is 10.2 Å². The molecule has 0 aliphatic carbocycles. The van der Waals surface area contributed by atoms with Gasteiger partial charge in [0, 0.05) is 26.7 Å². The Morgan fingerprint density at radius 3 is 3.00 bits per heavy atom. The van der Waals surface area contributed by atoms with Crippen LogP contribution in [-0.4, -0.2) is 53.1 Å². The summed E-state index contributed by atoms with van der Waals surface area (Å²) in [5, 5.41) is 4.93. The van der Waals surface area contributed by atoms with E-state index in [1.165, 1.54) is 0 Å². The minimum Gasteiger partial charge on any atom is -0.350 e. The van der Waals surface area contributed by atoms with Gasteiger partial charge in [-0.2, -0.15) is 0 Å². The second kappa shape index (κ2) is 3.57. The smallest absolute Gasteiger partial charge is 0.317 e. The normalized spacial score (nSPS) is 21.0. The summed E-state index contributed by atoms with van der Waals surface area (Å²) in [5.41, 5.74) is 0.927. The van der Waals surface area contributed by atoms with E-state index in [-0.39, 0.29) is 11.6 Å². The molecule has 2 aromatic heterocycles. The van der Waals surface area contributed by atoms with E-state index < -0.39 is 0 Å². The molecule has 0 aromatic carbocycles. The van der Waals surface area contributed by atoms with Crippen molar-refractivity contribution in [2.24, 2.45) is 0 Å². The number of carbonyl (C=O) groups excluding carboxylic acids is 1. The number of likely N-dealkylation sites (N-methyl/N-ethyl adjacent to an activating group) is 1. The number of urea groups is 1. The Hall–Kier alpha value is -1.89. The zero-order chi connectivity index (χ0) is 13.0. The number of nitrogens with one attached hydrogen (secondary N) is 1. The molecule has 98 valence electrons. The van der Waals surface area contributed by atoms with Crippen molar-refractivity contribution in [3.05, 3.63) is 17.8 Å². The molecule has 7 heteroatoms. The Balaban J connectivity index is 1.64. The zero-order valence-corrected chi connectivity index (χ0v) is 11.3. The summed E-state index contributed by atoms with van der Waals surface area (Å²) in [5.74, 6) is 0.985. The molecule has 1 spiro atoms. The summed E-state index contributed by atoms with van der Waals surface area (Å²) >= 11 is 1.66. The van der Waals surface area contributed by atoms with Crippen LogP contribution in [0.3, 0.4) is 0 Å². The average molecular weight is 275 g/mol. The first-order valence-corrected chi connectivity index (χ1v) is 7.02. The summed E-state index contributed by atoms with van der Waals surface area (Å²) in [6.45, 7) is 2.37. The van der Waals surface area contributed by atoms with Crippen molar-refractivity contribution in [1.82, 2.24) is 20.2 Å². The molecule has 2 aliphatic rings. The molecule has 19 heavy (non-hydrogen) atoms. The highest BCUT2D eigenvalue weighted by Crippen LogP contribution is 2.37. The predicted octanol–water partition coefficient (Wildman–Crippen LogP) is 0.905. The maximum absolute atomic E-state index is 11.6. The van der Waals surface area contributed by atoms with Gasteiger partial charge < -0.3 is 15.1 Å². The first kappa shape index (κ1) is 11.0. The number of hydrogen-bond acceptors (Lipinski definition) is 5. The van der Waals surface area contributed by atoms with Crippen LogP contribution in [0, 0.1) is 0 Å². The van der Waals surface area contributed by atoms with Gasteiger partial charge in [-0.15, -0.1) is 11.3 Å². The van der Waals surface area contributed by atoms with Crippen LogP contribution in [-0.2, 0) is 0 Å². The second-order valence-electron chi connectivity index (χ2n) is 5.13. The third-order valence-corrected chi connectivity index (χ3v) is 4.98. The van der Waals surface area contributed by atoms with E-state index >= 15 is 0 Å². The summed E-state index contributed by atoms with van der Waals surface area (Å²) in [7, 11) is 1.86. The number of rotatable bonds is 1. The van der Waals surface area contributed by atoms with Gasteiger partial charge in [0.15, 0.2) is 0 Å². The summed E-state index contributed by atoms with van der Waals surface area (Å²) < 4.78 is 1.12. The van der Waals surface area contributed by atoms with E-state index in [9.17, 15) is 4.79 Å². The van der Waals surface area contributed by atoms with Crippen LogP contribution in [0.4, 0.5) is 10.6 Å². The first-order valence-electron chi connectivity index (χ1n) is 6.14. The van der Waals surface area contributed by atoms with Gasteiger partial charge in [0.1, 0.15) is 12.1 Å². The fourth-order valence-corrected chi connectivity index (χ4v) is 3.69. The SMILES string of the molecule is CN1C(=O)NCC12CN(c1ncnc3ccsc13)C2. The second-order valence-corrected chi connectivity index (χ2v) is 6.05. The molecular weight excluding hydrogens is 262 g/mol. The van der Waals surface area contributed by atoms with E-state index in [1.807, 2.05) is 23.4 Å².